The van der Waals surface area contributed by atoms with Gasteiger partial charge < -0.3 is 4.57 Å². The quantitative estimate of drug-likeness (QED) is 0.561. The zero-order valence-corrected chi connectivity index (χ0v) is 15.3. The fourth-order valence-electron chi connectivity index (χ4n) is 2.95. The highest BCUT2D eigenvalue weighted by molar-refractivity contribution is 7.89. The Labute approximate surface area is 148 Å². The maximum Gasteiger partial charge on any atom is 0.276 e. The third-order valence-electron chi connectivity index (χ3n) is 4.16. The summed E-state index contributed by atoms with van der Waals surface area (Å²) in [5, 5.41) is 5.02. The van der Waals surface area contributed by atoms with E-state index >= 15 is 0 Å². The van der Waals surface area contributed by atoms with Gasteiger partial charge in [0.1, 0.15) is 0 Å². The number of hydrogen-bond acceptors (Lipinski definition) is 3. The highest BCUT2D eigenvalue weighted by Gasteiger charge is 2.15. The molecule has 0 spiro atoms. The van der Waals surface area contributed by atoms with Crippen LogP contribution < -0.4 is 4.83 Å². The van der Waals surface area contributed by atoms with Gasteiger partial charge in [0.15, 0.2) is 0 Å². The van der Waals surface area contributed by atoms with Gasteiger partial charge in [-0.1, -0.05) is 35.9 Å². The number of hydrazone groups is 1. The number of benzene rings is 2. The Morgan fingerprint density at radius 2 is 1.92 bits per heavy atom. The fourth-order valence-corrected chi connectivity index (χ4v) is 3.97. The summed E-state index contributed by atoms with van der Waals surface area (Å²) in [7, 11) is -3.68. The molecule has 0 amide bonds. The van der Waals surface area contributed by atoms with Crippen molar-refractivity contribution in [3.05, 3.63) is 65.4 Å². The number of aromatic nitrogens is 1. The number of aryl methyl sites for hydroxylation is 3. The Morgan fingerprint density at radius 3 is 2.64 bits per heavy atom. The molecule has 0 bridgehead atoms. The summed E-state index contributed by atoms with van der Waals surface area (Å²) in [6.45, 7) is 6.61. The number of nitrogens with one attached hydrogen (secondary N) is 1. The zero-order valence-electron chi connectivity index (χ0n) is 14.5. The van der Waals surface area contributed by atoms with Crippen molar-refractivity contribution in [3.63, 3.8) is 0 Å². The Morgan fingerprint density at radius 1 is 1.16 bits per heavy atom. The summed E-state index contributed by atoms with van der Waals surface area (Å²) in [5.41, 5.74) is 3.70. The lowest BCUT2D eigenvalue weighted by molar-refractivity contribution is 0.584. The molecule has 1 N–H and O–H groups in total. The zero-order chi connectivity index (χ0) is 18.0. The van der Waals surface area contributed by atoms with Crippen LogP contribution in [0.5, 0.6) is 0 Å². The second kappa shape index (κ2) is 6.72. The van der Waals surface area contributed by atoms with E-state index < -0.39 is 10.0 Å². The van der Waals surface area contributed by atoms with Crippen LogP contribution in [-0.2, 0) is 16.6 Å². The monoisotopic (exact) mass is 355 g/mol. The first-order valence-corrected chi connectivity index (χ1v) is 9.60. The van der Waals surface area contributed by atoms with Crippen molar-refractivity contribution in [1.82, 2.24) is 9.40 Å². The molecular formula is C19H21N3O2S. The maximum atomic E-state index is 12.4. The molecule has 0 unspecified atom stereocenters. The van der Waals surface area contributed by atoms with Gasteiger partial charge in [0.2, 0.25) is 0 Å². The van der Waals surface area contributed by atoms with Crippen LogP contribution in [0.3, 0.4) is 0 Å². The highest BCUT2D eigenvalue weighted by atomic mass is 32.2. The van der Waals surface area contributed by atoms with Gasteiger partial charge in [-0.3, -0.25) is 0 Å². The molecule has 1 aromatic heterocycles. The van der Waals surface area contributed by atoms with Crippen molar-refractivity contribution in [1.29, 1.82) is 0 Å². The predicted octanol–water partition coefficient (Wildman–Crippen LogP) is 3.59. The summed E-state index contributed by atoms with van der Waals surface area (Å²) < 4.78 is 27.0. The van der Waals surface area contributed by atoms with E-state index in [1.165, 1.54) is 0 Å². The molecule has 0 saturated heterocycles. The molecule has 0 atom stereocenters. The smallest absolute Gasteiger partial charge is 0.276 e. The Balaban J connectivity index is 1.88. The molecular weight excluding hydrogens is 334 g/mol. The van der Waals surface area contributed by atoms with Crippen LogP contribution in [0.1, 0.15) is 23.6 Å². The molecule has 2 aromatic carbocycles. The summed E-state index contributed by atoms with van der Waals surface area (Å²) >= 11 is 0. The summed E-state index contributed by atoms with van der Waals surface area (Å²) in [6.07, 6.45) is 3.52. The van der Waals surface area contributed by atoms with Crippen LogP contribution in [0.2, 0.25) is 0 Å². The number of nitrogens with zero attached hydrogens (tertiary/aromatic N) is 2. The Hall–Kier alpha value is -2.60. The first-order chi connectivity index (χ1) is 11.9. The molecule has 3 aromatic rings. The molecule has 6 heteroatoms. The van der Waals surface area contributed by atoms with Crippen molar-refractivity contribution in [2.24, 2.45) is 5.10 Å². The molecule has 1 heterocycles. The van der Waals surface area contributed by atoms with E-state index in [2.05, 4.69) is 21.4 Å². The lowest BCUT2D eigenvalue weighted by Gasteiger charge is -2.07. The van der Waals surface area contributed by atoms with Crippen molar-refractivity contribution in [2.75, 3.05) is 0 Å². The first kappa shape index (κ1) is 17.2. The molecule has 0 saturated carbocycles. The van der Waals surface area contributed by atoms with Gasteiger partial charge in [-0.2, -0.15) is 13.5 Å². The standard InChI is InChI=1S/C19H21N3O2S/c1-4-22-13-16(17-7-5-6-8-18(17)22)12-20-21-25(23,24)19-10-9-14(2)11-15(19)3/h5-13,21H,4H2,1-3H3/b20-12+. The van der Waals surface area contributed by atoms with E-state index in [0.29, 0.717) is 5.56 Å². The number of para-hydroxylation sites is 1. The Kier molecular flexibility index (Phi) is 4.63. The van der Waals surface area contributed by atoms with Gasteiger partial charge in [-0.15, -0.1) is 0 Å². The highest BCUT2D eigenvalue weighted by Crippen LogP contribution is 2.20. The van der Waals surface area contributed by atoms with Gasteiger partial charge in [0.05, 0.1) is 11.1 Å². The van der Waals surface area contributed by atoms with E-state index in [0.717, 1.165) is 28.6 Å². The van der Waals surface area contributed by atoms with Gasteiger partial charge in [-0.05, 0) is 38.5 Å². The second-order valence-electron chi connectivity index (χ2n) is 6.01. The lowest BCUT2D eigenvalue weighted by atomic mass is 10.2. The topological polar surface area (TPSA) is 63.5 Å². The van der Waals surface area contributed by atoms with Gasteiger partial charge in [0.25, 0.3) is 10.0 Å². The molecule has 0 aliphatic carbocycles. The van der Waals surface area contributed by atoms with Gasteiger partial charge >= 0.3 is 0 Å². The minimum Gasteiger partial charge on any atom is -0.347 e. The average molecular weight is 355 g/mol. The van der Waals surface area contributed by atoms with Crippen LogP contribution in [0.15, 0.2) is 58.7 Å². The summed E-state index contributed by atoms with van der Waals surface area (Å²) in [6, 6.07) is 13.2. The SMILES string of the molecule is CCn1cc(/C=N/NS(=O)(=O)c2ccc(C)cc2C)c2ccccc21. The van der Waals surface area contributed by atoms with Crippen molar-refractivity contribution in [2.45, 2.75) is 32.2 Å². The Bertz CT molecular complexity index is 1050. The molecule has 0 radical (unpaired) electrons. The molecule has 0 aliphatic rings. The van der Waals surface area contributed by atoms with Crippen LogP contribution in [0.4, 0.5) is 0 Å². The number of sulfonamides is 1. The van der Waals surface area contributed by atoms with E-state index in [-0.39, 0.29) is 4.90 Å². The summed E-state index contributed by atoms with van der Waals surface area (Å²) in [4.78, 5) is 2.55. The lowest BCUT2D eigenvalue weighted by Crippen LogP contribution is -2.19. The molecule has 0 fully saturated rings. The maximum absolute atomic E-state index is 12.4. The van der Waals surface area contributed by atoms with Crippen LogP contribution >= 0.6 is 0 Å². The van der Waals surface area contributed by atoms with Crippen molar-refractivity contribution in [3.8, 4) is 0 Å². The fraction of sp³-hybridized carbons (Fsp3) is 0.211. The van der Waals surface area contributed by atoms with Gasteiger partial charge in [0, 0.05) is 29.2 Å². The largest absolute Gasteiger partial charge is 0.347 e. The average Bonchev–Trinajstić information content (AvgIpc) is 2.92. The molecule has 3 rings (SSSR count). The first-order valence-electron chi connectivity index (χ1n) is 8.12. The van der Waals surface area contributed by atoms with E-state index in [4.69, 9.17) is 0 Å². The number of fused-ring (bicyclic) bond motifs is 1. The molecule has 130 valence electrons. The molecule has 5 nitrogen and oxygen atoms in total. The third kappa shape index (κ3) is 3.44. The molecule has 0 aliphatic heterocycles. The second-order valence-corrected chi connectivity index (χ2v) is 7.64. The van der Waals surface area contributed by atoms with Crippen molar-refractivity contribution < 1.29 is 8.42 Å². The van der Waals surface area contributed by atoms with Gasteiger partial charge in [-0.25, -0.2) is 4.83 Å². The van der Waals surface area contributed by atoms with E-state index in [1.54, 1.807) is 25.3 Å². The molecule has 25 heavy (non-hydrogen) atoms. The van der Waals surface area contributed by atoms with E-state index in [9.17, 15) is 8.42 Å². The van der Waals surface area contributed by atoms with Crippen molar-refractivity contribution >= 4 is 27.1 Å². The minimum atomic E-state index is -3.68. The predicted molar refractivity (Wildman–Crippen MR) is 101 cm³/mol. The minimum absolute atomic E-state index is 0.242. The normalized spacial score (nSPS) is 12.1. The third-order valence-corrected chi connectivity index (χ3v) is 5.54. The van der Waals surface area contributed by atoms with E-state index in [1.807, 2.05) is 43.5 Å². The van der Waals surface area contributed by atoms with Crippen LogP contribution in [0, 0.1) is 13.8 Å². The summed E-state index contributed by atoms with van der Waals surface area (Å²) in [5.74, 6) is 0. The number of hydrogen-bond donors (Lipinski definition) is 1. The van der Waals surface area contributed by atoms with Crippen LogP contribution in [0.25, 0.3) is 10.9 Å². The van der Waals surface area contributed by atoms with Crippen LogP contribution in [-0.4, -0.2) is 19.2 Å². The number of rotatable bonds is 5.